The van der Waals surface area contributed by atoms with Crippen molar-refractivity contribution < 1.29 is 9.53 Å². The second kappa shape index (κ2) is 5.98. The standard InChI is InChI=1S/C12H15NO2/c1-15-12(14)9-11(13)8-7-10-5-3-2-4-6-10/h2-8,11H,9,13H2,1H3. The van der Waals surface area contributed by atoms with E-state index in [0.29, 0.717) is 0 Å². The molecule has 15 heavy (non-hydrogen) atoms. The van der Waals surface area contributed by atoms with Gasteiger partial charge in [0.15, 0.2) is 0 Å². The van der Waals surface area contributed by atoms with Gasteiger partial charge in [-0.25, -0.2) is 0 Å². The van der Waals surface area contributed by atoms with Crippen LogP contribution in [0.5, 0.6) is 0 Å². The average Bonchev–Trinajstić information content (AvgIpc) is 2.27. The number of hydrogen-bond acceptors (Lipinski definition) is 3. The predicted octanol–water partition coefficient (Wildman–Crippen LogP) is 1.59. The van der Waals surface area contributed by atoms with Crippen molar-refractivity contribution in [3.63, 3.8) is 0 Å². The number of methoxy groups -OCH3 is 1. The molecule has 1 aromatic rings. The highest BCUT2D eigenvalue weighted by Crippen LogP contribution is 2.02. The fourth-order valence-electron chi connectivity index (χ4n) is 1.14. The molecular weight excluding hydrogens is 190 g/mol. The van der Waals surface area contributed by atoms with Gasteiger partial charge in [-0.3, -0.25) is 4.79 Å². The molecule has 0 amide bonds. The molecule has 1 aromatic carbocycles. The van der Waals surface area contributed by atoms with Gasteiger partial charge in [0.1, 0.15) is 0 Å². The SMILES string of the molecule is COC(=O)CC(N)C=Cc1ccccc1. The van der Waals surface area contributed by atoms with E-state index in [0.717, 1.165) is 5.56 Å². The molecular formula is C12H15NO2. The highest BCUT2D eigenvalue weighted by atomic mass is 16.5. The molecule has 1 unspecified atom stereocenters. The highest BCUT2D eigenvalue weighted by molar-refractivity contribution is 5.70. The first-order chi connectivity index (χ1) is 7.22. The fourth-order valence-corrected chi connectivity index (χ4v) is 1.14. The van der Waals surface area contributed by atoms with Gasteiger partial charge in [0.2, 0.25) is 0 Å². The molecule has 0 fully saturated rings. The summed E-state index contributed by atoms with van der Waals surface area (Å²) < 4.78 is 4.52. The van der Waals surface area contributed by atoms with E-state index in [1.807, 2.05) is 36.4 Å². The van der Waals surface area contributed by atoms with Gasteiger partial charge >= 0.3 is 5.97 Å². The van der Waals surface area contributed by atoms with Gasteiger partial charge < -0.3 is 10.5 Å². The van der Waals surface area contributed by atoms with E-state index in [2.05, 4.69) is 4.74 Å². The third-order valence-electron chi connectivity index (χ3n) is 1.97. The number of rotatable bonds is 4. The van der Waals surface area contributed by atoms with Crippen LogP contribution in [-0.4, -0.2) is 19.1 Å². The first kappa shape index (κ1) is 11.5. The molecule has 0 saturated carbocycles. The third kappa shape index (κ3) is 4.42. The maximum atomic E-state index is 10.9. The molecule has 0 aromatic heterocycles. The maximum absolute atomic E-state index is 10.9. The van der Waals surface area contributed by atoms with Crippen LogP contribution >= 0.6 is 0 Å². The van der Waals surface area contributed by atoms with Gasteiger partial charge in [0.05, 0.1) is 13.5 Å². The van der Waals surface area contributed by atoms with E-state index < -0.39 is 0 Å². The van der Waals surface area contributed by atoms with Crippen LogP contribution < -0.4 is 5.73 Å². The van der Waals surface area contributed by atoms with E-state index >= 15 is 0 Å². The zero-order chi connectivity index (χ0) is 11.1. The molecule has 0 aliphatic carbocycles. The van der Waals surface area contributed by atoms with Crippen molar-refractivity contribution in [1.29, 1.82) is 0 Å². The van der Waals surface area contributed by atoms with Crippen molar-refractivity contribution in [3.8, 4) is 0 Å². The molecule has 0 aliphatic rings. The van der Waals surface area contributed by atoms with Crippen molar-refractivity contribution >= 4 is 12.0 Å². The van der Waals surface area contributed by atoms with Crippen LogP contribution in [0.1, 0.15) is 12.0 Å². The van der Waals surface area contributed by atoms with Gasteiger partial charge in [0.25, 0.3) is 0 Å². The zero-order valence-electron chi connectivity index (χ0n) is 8.72. The number of carbonyl (C=O) groups excluding carboxylic acids is 1. The smallest absolute Gasteiger partial charge is 0.307 e. The number of ether oxygens (including phenoxy) is 1. The number of esters is 1. The third-order valence-corrected chi connectivity index (χ3v) is 1.97. The minimum atomic E-state index is -0.294. The summed E-state index contributed by atoms with van der Waals surface area (Å²) in [4.78, 5) is 10.9. The predicted molar refractivity (Wildman–Crippen MR) is 60.1 cm³/mol. The monoisotopic (exact) mass is 205 g/mol. The van der Waals surface area contributed by atoms with E-state index in [1.54, 1.807) is 6.08 Å². The first-order valence-corrected chi connectivity index (χ1v) is 4.78. The Kier molecular flexibility index (Phi) is 4.57. The molecule has 1 rings (SSSR count). The fraction of sp³-hybridized carbons (Fsp3) is 0.250. The van der Waals surface area contributed by atoms with Gasteiger partial charge in [-0.05, 0) is 5.56 Å². The van der Waals surface area contributed by atoms with E-state index in [-0.39, 0.29) is 18.4 Å². The summed E-state index contributed by atoms with van der Waals surface area (Å²) in [5.41, 5.74) is 6.78. The summed E-state index contributed by atoms with van der Waals surface area (Å²) in [5.74, 6) is -0.291. The number of hydrogen-bond donors (Lipinski definition) is 1. The largest absolute Gasteiger partial charge is 0.469 e. The molecule has 2 N–H and O–H groups in total. The van der Waals surface area contributed by atoms with Gasteiger partial charge in [-0.15, -0.1) is 0 Å². The molecule has 0 saturated heterocycles. The van der Waals surface area contributed by atoms with Crippen LogP contribution in [0.15, 0.2) is 36.4 Å². The van der Waals surface area contributed by atoms with Crippen LogP contribution in [0, 0.1) is 0 Å². The molecule has 3 heteroatoms. The van der Waals surface area contributed by atoms with Gasteiger partial charge in [-0.1, -0.05) is 42.5 Å². The number of carbonyl (C=O) groups is 1. The molecule has 0 bridgehead atoms. The maximum Gasteiger partial charge on any atom is 0.307 e. The van der Waals surface area contributed by atoms with Crippen molar-refractivity contribution in [3.05, 3.63) is 42.0 Å². The number of nitrogens with two attached hydrogens (primary N) is 1. The summed E-state index contributed by atoms with van der Waals surface area (Å²) >= 11 is 0. The van der Waals surface area contributed by atoms with Crippen molar-refractivity contribution in [2.75, 3.05) is 7.11 Å². The summed E-state index contributed by atoms with van der Waals surface area (Å²) in [5, 5.41) is 0. The summed E-state index contributed by atoms with van der Waals surface area (Å²) in [6.45, 7) is 0. The van der Waals surface area contributed by atoms with Crippen molar-refractivity contribution in [1.82, 2.24) is 0 Å². The Balaban J connectivity index is 2.47. The second-order valence-corrected chi connectivity index (χ2v) is 3.21. The summed E-state index contributed by atoms with van der Waals surface area (Å²) in [6, 6.07) is 9.50. The minimum Gasteiger partial charge on any atom is -0.469 e. The molecule has 0 spiro atoms. The van der Waals surface area contributed by atoms with E-state index in [1.165, 1.54) is 7.11 Å². The van der Waals surface area contributed by atoms with Crippen LogP contribution in [0.4, 0.5) is 0 Å². The lowest BCUT2D eigenvalue weighted by atomic mass is 10.1. The van der Waals surface area contributed by atoms with Gasteiger partial charge in [-0.2, -0.15) is 0 Å². The Bertz CT molecular complexity index is 333. The van der Waals surface area contributed by atoms with Crippen LogP contribution in [0.2, 0.25) is 0 Å². The Morgan fingerprint density at radius 2 is 2.13 bits per heavy atom. The Morgan fingerprint density at radius 3 is 2.73 bits per heavy atom. The Hall–Kier alpha value is -1.61. The van der Waals surface area contributed by atoms with Crippen LogP contribution in [0.25, 0.3) is 6.08 Å². The van der Waals surface area contributed by atoms with Gasteiger partial charge in [0, 0.05) is 6.04 Å². The minimum absolute atomic E-state index is 0.208. The molecule has 0 heterocycles. The van der Waals surface area contributed by atoms with E-state index in [9.17, 15) is 4.79 Å². The molecule has 80 valence electrons. The molecule has 1 atom stereocenters. The van der Waals surface area contributed by atoms with Crippen molar-refractivity contribution in [2.24, 2.45) is 5.73 Å². The topological polar surface area (TPSA) is 52.3 Å². The zero-order valence-corrected chi connectivity index (χ0v) is 8.72. The second-order valence-electron chi connectivity index (χ2n) is 3.21. The van der Waals surface area contributed by atoms with E-state index in [4.69, 9.17) is 5.73 Å². The molecule has 0 aliphatic heterocycles. The lowest BCUT2D eigenvalue weighted by molar-refractivity contribution is -0.140. The van der Waals surface area contributed by atoms with Crippen LogP contribution in [-0.2, 0) is 9.53 Å². The number of benzene rings is 1. The lowest BCUT2D eigenvalue weighted by Crippen LogP contribution is -2.21. The summed E-state index contributed by atoms with van der Waals surface area (Å²) in [6.07, 6.45) is 3.90. The van der Waals surface area contributed by atoms with Crippen molar-refractivity contribution in [2.45, 2.75) is 12.5 Å². The molecule has 0 radical (unpaired) electrons. The quantitative estimate of drug-likeness (QED) is 0.759. The van der Waals surface area contributed by atoms with Crippen LogP contribution in [0.3, 0.4) is 0 Å². The first-order valence-electron chi connectivity index (χ1n) is 4.78. The normalized spacial score (nSPS) is 12.7. The Labute approximate surface area is 89.5 Å². The lowest BCUT2D eigenvalue weighted by Gasteiger charge is -2.03. The highest BCUT2D eigenvalue weighted by Gasteiger charge is 2.05. The summed E-state index contributed by atoms with van der Waals surface area (Å²) in [7, 11) is 1.36. The Morgan fingerprint density at radius 1 is 1.47 bits per heavy atom. The average molecular weight is 205 g/mol. The molecule has 3 nitrogen and oxygen atoms in total.